The lowest BCUT2D eigenvalue weighted by Crippen LogP contribution is -2.39. The molecule has 1 rings (SSSR count). The average molecular weight is 580 g/mol. The second-order valence-corrected chi connectivity index (χ2v) is 11.9. The molecule has 1 aromatic rings. The van der Waals surface area contributed by atoms with E-state index in [-0.39, 0.29) is 41.8 Å². The lowest BCUT2D eigenvalue weighted by Gasteiger charge is -2.23. The summed E-state index contributed by atoms with van der Waals surface area (Å²) in [5.74, 6) is -2.04. The molecule has 41 heavy (non-hydrogen) atoms. The summed E-state index contributed by atoms with van der Waals surface area (Å²) in [5.41, 5.74) is 6.48. The molecule has 0 aliphatic rings. The first-order valence-corrected chi connectivity index (χ1v) is 14.4. The highest BCUT2D eigenvalue weighted by molar-refractivity contribution is 5.79. The topological polar surface area (TPSA) is 140 Å². The van der Waals surface area contributed by atoms with E-state index < -0.39 is 42.3 Å². The Labute approximate surface area is 244 Å². The number of hydrogen-bond donors (Lipinski definition) is 1. The zero-order chi connectivity index (χ0) is 31.3. The minimum atomic E-state index is -1.06. The molecule has 5 atom stereocenters. The van der Waals surface area contributed by atoms with Gasteiger partial charge in [-0.2, -0.15) is 0 Å². The first-order chi connectivity index (χ1) is 19.1. The van der Waals surface area contributed by atoms with Crippen LogP contribution in [0.4, 0.5) is 4.79 Å². The van der Waals surface area contributed by atoms with Crippen LogP contribution in [0.5, 0.6) is 11.5 Å². The standard InChI is InChI=1S/C31H49NO9/c1-10-12-19(3)27(33)40-25-15-14-23(17-26(25)41-28(34)20(4)13-11-2)16-24(32)29(35)38-21(5)22(6)39-30(36)37-18-31(7,8)9/h14-15,17,19-22,24H,10-13,16,18,32H2,1-9H3/t19?,20?,21-,22-,24-/m0/s1. The van der Waals surface area contributed by atoms with Crippen molar-refractivity contribution in [2.45, 2.75) is 113 Å². The van der Waals surface area contributed by atoms with E-state index >= 15 is 0 Å². The molecular formula is C31H49NO9. The van der Waals surface area contributed by atoms with E-state index in [2.05, 4.69) is 0 Å². The van der Waals surface area contributed by atoms with Crippen LogP contribution in [0.1, 0.15) is 93.6 Å². The van der Waals surface area contributed by atoms with Gasteiger partial charge in [-0.3, -0.25) is 14.4 Å². The maximum Gasteiger partial charge on any atom is 0.508 e. The minimum absolute atomic E-state index is 0.0595. The van der Waals surface area contributed by atoms with E-state index in [4.69, 9.17) is 29.4 Å². The Morgan fingerprint density at radius 3 is 1.80 bits per heavy atom. The highest BCUT2D eigenvalue weighted by Crippen LogP contribution is 2.31. The van der Waals surface area contributed by atoms with Crippen LogP contribution in [0.15, 0.2) is 18.2 Å². The number of hydrogen-bond acceptors (Lipinski definition) is 10. The van der Waals surface area contributed by atoms with Gasteiger partial charge in [-0.1, -0.05) is 67.4 Å². The van der Waals surface area contributed by atoms with Crippen LogP contribution in [0.3, 0.4) is 0 Å². The van der Waals surface area contributed by atoms with Crippen molar-refractivity contribution in [3.63, 3.8) is 0 Å². The molecule has 10 nitrogen and oxygen atoms in total. The molecule has 2 unspecified atom stereocenters. The number of carbonyl (C=O) groups excluding carboxylic acids is 4. The molecule has 0 aliphatic carbocycles. The summed E-state index contributed by atoms with van der Waals surface area (Å²) in [4.78, 5) is 49.9. The molecule has 0 aliphatic heterocycles. The van der Waals surface area contributed by atoms with Gasteiger partial charge in [0, 0.05) is 0 Å². The van der Waals surface area contributed by atoms with E-state index in [1.807, 2.05) is 34.6 Å². The van der Waals surface area contributed by atoms with Gasteiger partial charge in [0.1, 0.15) is 18.2 Å². The molecule has 0 saturated carbocycles. The summed E-state index contributed by atoms with van der Waals surface area (Å²) in [6, 6.07) is 3.65. The summed E-state index contributed by atoms with van der Waals surface area (Å²) in [7, 11) is 0. The fraction of sp³-hybridized carbons (Fsp3) is 0.677. The number of nitrogens with two attached hydrogens (primary N) is 1. The van der Waals surface area contributed by atoms with Gasteiger partial charge in [0.25, 0.3) is 0 Å². The highest BCUT2D eigenvalue weighted by atomic mass is 16.7. The molecule has 2 N–H and O–H groups in total. The Bertz CT molecular complexity index is 1020. The lowest BCUT2D eigenvalue weighted by atomic mass is 9.99. The van der Waals surface area contributed by atoms with Crippen LogP contribution < -0.4 is 15.2 Å². The maximum absolute atomic E-state index is 12.7. The summed E-state index contributed by atoms with van der Waals surface area (Å²) >= 11 is 0. The van der Waals surface area contributed by atoms with Gasteiger partial charge in [0.15, 0.2) is 11.5 Å². The number of benzene rings is 1. The number of esters is 3. The highest BCUT2D eigenvalue weighted by Gasteiger charge is 2.26. The Hall–Kier alpha value is -3.14. The van der Waals surface area contributed by atoms with E-state index in [0.717, 1.165) is 12.8 Å². The smallest absolute Gasteiger partial charge is 0.458 e. The normalized spacial score (nSPS) is 15.1. The maximum atomic E-state index is 12.7. The Morgan fingerprint density at radius 2 is 1.29 bits per heavy atom. The van der Waals surface area contributed by atoms with Gasteiger partial charge >= 0.3 is 24.1 Å². The van der Waals surface area contributed by atoms with Crippen LogP contribution in [0.2, 0.25) is 0 Å². The van der Waals surface area contributed by atoms with Gasteiger partial charge in [0.2, 0.25) is 0 Å². The van der Waals surface area contributed by atoms with Crippen molar-refractivity contribution >= 4 is 24.1 Å². The van der Waals surface area contributed by atoms with Crippen molar-refractivity contribution in [1.29, 1.82) is 0 Å². The van der Waals surface area contributed by atoms with Crippen molar-refractivity contribution in [2.75, 3.05) is 6.61 Å². The van der Waals surface area contributed by atoms with Crippen molar-refractivity contribution in [1.82, 2.24) is 0 Å². The molecule has 0 radical (unpaired) electrons. The van der Waals surface area contributed by atoms with E-state index in [1.165, 1.54) is 12.1 Å². The van der Waals surface area contributed by atoms with Gasteiger partial charge in [0.05, 0.1) is 18.4 Å². The van der Waals surface area contributed by atoms with Crippen molar-refractivity contribution < 1.29 is 42.9 Å². The van der Waals surface area contributed by atoms with Crippen molar-refractivity contribution in [3.05, 3.63) is 23.8 Å². The molecule has 10 heteroatoms. The summed E-state index contributed by atoms with van der Waals surface area (Å²) in [5, 5.41) is 0. The van der Waals surface area contributed by atoms with Crippen LogP contribution in [0, 0.1) is 17.3 Å². The second kappa shape index (κ2) is 17.0. The largest absolute Gasteiger partial charge is 0.508 e. The first kappa shape index (κ1) is 35.9. The summed E-state index contributed by atoms with van der Waals surface area (Å²) in [6.45, 7) is 16.6. The predicted octanol–water partition coefficient (Wildman–Crippen LogP) is 5.76. The lowest BCUT2D eigenvalue weighted by molar-refractivity contribution is -0.155. The quantitative estimate of drug-likeness (QED) is 0.201. The molecule has 1 aromatic carbocycles. The SMILES string of the molecule is CCCC(C)C(=O)Oc1ccc(C[C@H](N)C(=O)O[C@@H](C)[C@H](C)OC(=O)OCC(C)(C)C)cc1OC(=O)C(C)CCC. The third-order valence-electron chi connectivity index (χ3n) is 6.30. The minimum Gasteiger partial charge on any atom is -0.458 e. The van der Waals surface area contributed by atoms with Crippen LogP contribution >= 0.6 is 0 Å². The second-order valence-electron chi connectivity index (χ2n) is 11.9. The van der Waals surface area contributed by atoms with Gasteiger partial charge in [-0.15, -0.1) is 0 Å². The predicted molar refractivity (Wildman–Crippen MR) is 154 cm³/mol. The van der Waals surface area contributed by atoms with Crippen LogP contribution in [0.25, 0.3) is 0 Å². The van der Waals surface area contributed by atoms with E-state index in [1.54, 1.807) is 33.8 Å². The fourth-order valence-corrected chi connectivity index (χ4v) is 3.62. The molecule has 0 heterocycles. The third kappa shape index (κ3) is 13.4. The third-order valence-corrected chi connectivity index (χ3v) is 6.30. The number of rotatable bonds is 15. The van der Waals surface area contributed by atoms with E-state index in [0.29, 0.717) is 18.4 Å². The van der Waals surface area contributed by atoms with Gasteiger partial charge in [-0.25, -0.2) is 4.79 Å². The van der Waals surface area contributed by atoms with Crippen LogP contribution in [-0.2, 0) is 35.0 Å². The molecule has 0 amide bonds. The van der Waals surface area contributed by atoms with Crippen LogP contribution in [-0.4, -0.2) is 48.9 Å². The fourth-order valence-electron chi connectivity index (χ4n) is 3.62. The Balaban J connectivity index is 2.94. The summed E-state index contributed by atoms with van der Waals surface area (Å²) < 4.78 is 26.9. The molecule has 232 valence electrons. The zero-order valence-electron chi connectivity index (χ0n) is 26.1. The number of ether oxygens (including phenoxy) is 5. The monoisotopic (exact) mass is 579 g/mol. The van der Waals surface area contributed by atoms with Crippen molar-refractivity contribution in [3.8, 4) is 11.5 Å². The molecule has 0 spiro atoms. The molecule has 0 bridgehead atoms. The molecule has 0 saturated heterocycles. The van der Waals surface area contributed by atoms with E-state index in [9.17, 15) is 19.2 Å². The Morgan fingerprint density at radius 1 is 0.780 bits per heavy atom. The average Bonchev–Trinajstić information content (AvgIpc) is 2.88. The molecule has 0 aromatic heterocycles. The Kier molecular flexibility index (Phi) is 14.8. The zero-order valence-corrected chi connectivity index (χ0v) is 26.1. The van der Waals surface area contributed by atoms with Gasteiger partial charge < -0.3 is 29.4 Å². The van der Waals surface area contributed by atoms with Crippen molar-refractivity contribution in [2.24, 2.45) is 23.0 Å². The first-order valence-electron chi connectivity index (χ1n) is 14.4. The summed E-state index contributed by atoms with van der Waals surface area (Å²) in [6.07, 6.45) is 0.611. The van der Waals surface area contributed by atoms with Gasteiger partial charge in [-0.05, 0) is 56.2 Å². The molecular weight excluding hydrogens is 530 g/mol. The molecule has 0 fully saturated rings. The number of carbonyl (C=O) groups is 4.